The van der Waals surface area contributed by atoms with Crippen LogP contribution in [-0.4, -0.2) is 42.7 Å². The standard InChI is InChI=1S/C24H25ClN6OS/c25-18-9-10-20-19(13-18)23(32)27-21(26-20)16-33-24-29-28-22(15-30-11-5-2-6-12-30)31(24)14-17-7-3-1-4-8-17/h1,3-4,7-10,13H,2,5-6,11-12,14-16H2,(H,26,27,32). The lowest BCUT2D eigenvalue weighted by atomic mass is 10.1. The average Bonchev–Trinajstić information content (AvgIpc) is 3.20. The molecule has 4 aromatic rings. The molecule has 0 unspecified atom stereocenters. The van der Waals surface area contributed by atoms with Crippen LogP contribution >= 0.6 is 23.4 Å². The topological polar surface area (TPSA) is 79.7 Å². The monoisotopic (exact) mass is 480 g/mol. The first-order valence-corrected chi connectivity index (χ1v) is 12.5. The zero-order valence-electron chi connectivity index (χ0n) is 18.2. The Morgan fingerprint density at radius 3 is 2.64 bits per heavy atom. The number of nitrogens with one attached hydrogen (secondary N) is 1. The van der Waals surface area contributed by atoms with Crippen molar-refractivity contribution in [2.24, 2.45) is 0 Å². The van der Waals surface area contributed by atoms with Crippen molar-refractivity contribution in [2.45, 2.75) is 43.3 Å². The van der Waals surface area contributed by atoms with Gasteiger partial charge < -0.3 is 9.55 Å². The molecule has 2 aromatic carbocycles. The average molecular weight is 481 g/mol. The second-order valence-electron chi connectivity index (χ2n) is 8.27. The Balaban J connectivity index is 1.39. The molecular weight excluding hydrogens is 456 g/mol. The number of piperidine rings is 1. The van der Waals surface area contributed by atoms with Gasteiger partial charge in [-0.3, -0.25) is 9.69 Å². The van der Waals surface area contributed by atoms with Crippen molar-refractivity contribution in [1.29, 1.82) is 0 Å². The predicted octanol–water partition coefficient (Wildman–Crippen LogP) is 4.49. The number of aromatic nitrogens is 5. The molecule has 0 spiro atoms. The first-order chi connectivity index (χ1) is 16.2. The van der Waals surface area contributed by atoms with Crippen molar-refractivity contribution in [3.05, 3.63) is 81.1 Å². The predicted molar refractivity (Wildman–Crippen MR) is 132 cm³/mol. The molecule has 1 aliphatic rings. The zero-order valence-corrected chi connectivity index (χ0v) is 19.8. The van der Waals surface area contributed by atoms with Crippen molar-refractivity contribution in [1.82, 2.24) is 29.6 Å². The van der Waals surface area contributed by atoms with Gasteiger partial charge in [0, 0.05) is 5.02 Å². The van der Waals surface area contributed by atoms with Gasteiger partial charge >= 0.3 is 0 Å². The molecule has 33 heavy (non-hydrogen) atoms. The fraction of sp³-hybridized carbons (Fsp3) is 0.333. The molecule has 1 aliphatic heterocycles. The van der Waals surface area contributed by atoms with Crippen molar-refractivity contribution in [3.8, 4) is 0 Å². The minimum atomic E-state index is -0.186. The van der Waals surface area contributed by atoms with Crippen LogP contribution in [0.1, 0.15) is 36.5 Å². The highest BCUT2D eigenvalue weighted by molar-refractivity contribution is 7.98. The van der Waals surface area contributed by atoms with E-state index in [1.54, 1.807) is 18.2 Å². The molecule has 1 saturated heterocycles. The number of likely N-dealkylation sites (tertiary alicyclic amines) is 1. The first kappa shape index (κ1) is 22.1. The quantitative estimate of drug-likeness (QED) is 0.392. The van der Waals surface area contributed by atoms with E-state index in [4.69, 9.17) is 11.6 Å². The van der Waals surface area contributed by atoms with E-state index in [2.05, 4.69) is 41.8 Å². The van der Waals surface area contributed by atoms with E-state index in [9.17, 15) is 4.79 Å². The van der Waals surface area contributed by atoms with Crippen LogP contribution in [-0.2, 0) is 18.8 Å². The number of nitrogens with zero attached hydrogens (tertiary/aromatic N) is 5. The number of aromatic amines is 1. The second-order valence-corrected chi connectivity index (χ2v) is 9.65. The van der Waals surface area contributed by atoms with Gasteiger partial charge in [0.2, 0.25) is 0 Å². The molecule has 0 amide bonds. The van der Waals surface area contributed by atoms with Crippen LogP contribution in [0.3, 0.4) is 0 Å². The Hall–Kier alpha value is -2.68. The first-order valence-electron chi connectivity index (χ1n) is 11.2. The SMILES string of the molecule is O=c1[nH]c(CSc2nnc(CN3CCCCC3)n2Cc2ccccc2)nc2ccc(Cl)cc12. The van der Waals surface area contributed by atoms with E-state index in [1.165, 1.54) is 36.6 Å². The van der Waals surface area contributed by atoms with Gasteiger partial charge in [0.1, 0.15) is 11.6 Å². The maximum Gasteiger partial charge on any atom is 0.258 e. The largest absolute Gasteiger partial charge is 0.309 e. The van der Waals surface area contributed by atoms with E-state index < -0.39 is 0 Å². The molecule has 1 fully saturated rings. The molecule has 9 heteroatoms. The van der Waals surface area contributed by atoms with Crippen LogP contribution in [0.4, 0.5) is 0 Å². The molecule has 0 atom stereocenters. The maximum atomic E-state index is 12.5. The van der Waals surface area contributed by atoms with Crippen molar-refractivity contribution in [3.63, 3.8) is 0 Å². The van der Waals surface area contributed by atoms with Gasteiger partial charge in [-0.2, -0.15) is 0 Å². The Kier molecular flexibility index (Phi) is 6.75. The Bertz CT molecular complexity index is 1300. The molecule has 5 rings (SSSR count). The summed E-state index contributed by atoms with van der Waals surface area (Å²) in [6, 6.07) is 15.5. The van der Waals surface area contributed by atoms with Gasteiger partial charge in [0.25, 0.3) is 5.56 Å². The number of hydrogen-bond acceptors (Lipinski definition) is 6. The van der Waals surface area contributed by atoms with E-state index in [0.717, 1.165) is 30.6 Å². The molecule has 0 bridgehead atoms. The summed E-state index contributed by atoms with van der Waals surface area (Å²) in [6.07, 6.45) is 3.78. The molecular formula is C24H25ClN6OS. The summed E-state index contributed by atoms with van der Waals surface area (Å²) in [5.74, 6) is 2.06. The zero-order chi connectivity index (χ0) is 22.6. The minimum Gasteiger partial charge on any atom is -0.309 e. The van der Waals surface area contributed by atoms with E-state index in [1.807, 2.05) is 18.2 Å². The lowest BCUT2D eigenvalue weighted by Gasteiger charge is -2.26. The molecule has 3 heterocycles. The van der Waals surface area contributed by atoms with Crippen molar-refractivity contribution < 1.29 is 0 Å². The van der Waals surface area contributed by atoms with Crippen LogP contribution in [0, 0.1) is 0 Å². The van der Waals surface area contributed by atoms with E-state index >= 15 is 0 Å². The van der Waals surface area contributed by atoms with Gasteiger partial charge in [-0.15, -0.1) is 10.2 Å². The van der Waals surface area contributed by atoms with Gasteiger partial charge in [-0.1, -0.05) is 60.1 Å². The number of fused-ring (bicyclic) bond motifs is 1. The van der Waals surface area contributed by atoms with Gasteiger partial charge in [-0.05, 0) is 49.7 Å². The fourth-order valence-electron chi connectivity index (χ4n) is 4.15. The van der Waals surface area contributed by atoms with Gasteiger partial charge in [-0.25, -0.2) is 4.98 Å². The number of hydrogen-bond donors (Lipinski definition) is 1. The molecule has 170 valence electrons. The number of rotatable bonds is 7. The summed E-state index contributed by atoms with van der Waals surface area (Å²) in [6.45, 7) is 3.71. The van der Waals surface area contributed by atoms with Crippen LogP contribution in [0.5, 0.6) is 0 Å². The number of thioether (sulfide) groups is 1. The molecule has 0 radical (unpaired) electrons. The highest BCUT2D eigenvalue weighted by Gasteiger charge is 2.18. The Labute approximate surface area is 201 Å². The lowest BCUT2D eigenvalue weighted by molar-refractivity contribution is 0.213. The van der Waals surface area contributed by atoms with Gasteiger partial charge in [0.15, 0.2) is 5.16 Å². The third-order valence-corrected chi connectivity index (χ3v) is 7.06. The molecule has 0 aliphatic carbocycles. The minimum absolute atomic E-state index is 0.186. The Morgan fingerprint density at radius 2 is 1.82 bits per heavy atom. The number of benzene rings is 2. The molecule has 2 aromatic heterocycles. The highest BCUT2D eigenvalue weighted by atomic mass is 35.5. The summed E-state index contributed by atoms with van der Waals surface area (Å²) in [5.41, 5.74) is 1.65. The summed E-state index contributed by atoms with van der Waals surface area (Å²) < 4.78 is 2.19. The smallest absolute Gasteiger partial charge is 0.258 e. The van der Waals surface area contributed by atoms with Gasteiger partial charge in [0.05, 0.1) is 29.7 Å². The Morgan fingerprint density at radius 1 is 1.00 bits per heavy atom. The molecule has 0 saturated carbocycles. The van der Waals surface area contributed by atoms with Crippen LogP contribution < -0.4 is 5.56 Å². The number of H-pyrrole nitrogens is 1. The number of halogens is 1. The fourth-order valence-corrected chi connectivity index (χ4v) is 5.14. The lowest BCUT2D eigenvalue weighted by Crippen LogP contribution is -2.30. The van der Waals surface area contributed by atoms with E-state index in [-0.39, 0.29) is 5.56 Å². The summed E-state index contributed by atoms with van der Waals surface area (Å²) in [7, 11) is 0. The molecule has 1 N–H and O–H groups in total. The van der Waals surface area contributed by atoms with Crippen molar-refractivity contribution >= 4 is 34.3 Å². The second kappa shape index (κ2) is 10.1. The summed E-state index contributed by atoms with van der Waals surface area (Å²) in [5, 5.41) is 10.9. The van der Waals surface area contributed by atoms with Crippen LogP contribution in [0.15, 0.2) is 58.5 Å². The summed E-state index contributed by atoms with van der Waals surface area (Å²) in [4.78, 5) is 22.4. The maximum absolute atomic E-state index is 12.5. The normalized spacial score (nSPS) is 14.7. The third-order valence-electron chi connectivity index (χ3n) is 5.85. The third kappa shape index (κ3) is 5.29. The summed E-state index contributed by atoms with van der Waals surface area (Å²) >= 11 is 7.56. The highest BCUT2D eigenvalue weighted by Crippen LogP contribution is 2.24. The van der Waals surface area contributed by atoms with Crippen LogP contribution in [0.25, 0.3) is 10.9 Å². The van der Waals surface area contributed by atoms with Crippen LogP contribution in [0.2, 0.25) is 5.02 Å². The molecule has 7 nitrogen and oxygen atoms in total. The van der Waals surface area contributed by atoms with Crippen molar-refractivity contribution in [2.75, 3.05) is 13.1 Å². The van der Waals surface area contributed by atoms with E-state index in [0.29, 0.717) is 34.0 Å².